The molecule has 0 spiro atoms. The van der Waals surface area contributed by atoms with Crippen LogP contribution in [-0.2, 0) is 0 Å². The summed E-state index contributed by atoms with van der Waals surface area (Å²) < 4.78 is 5.94. The van der Waals surface area contributed by atoms with Gasteiger partial charge in [-0.2, -0.15) is 0 Å². The van der Waals surface area contributed by atoms with Gasteiger partial charge in [-0.25, -0.2) is 0 Å². The summed E-state index contributed by atoms with van der Waals surface area (Å²) in [4.78, 5) is 17.5. The molecule has 1 heterocycles. The van der Waals surface area contributed by atoms with E-state index >= 15 is 0 Å². The van der Waals surface area contributed by atoms with Crippen molar-refractivity contribution < 1.29 is 9.53 Å². The molecule has 122 valence electrons. The predicted molar refractivity (Wildman–Crippen MR) is 92.5 cm³/mol. The highest BCUT2D eigenvalue weighted by Gasteiger charge is 2.27. The first-order valence-electron chi connectivity index (χ1n) is 8.00. The Labute approximate surface area is 140 Å². The summed E-state index contributed by atoms with van der Waals surface area (Å²) in [5, 5.41) is 3.53. The number of hydrogen-bond donors (Lipinski definition) is 0. The third-order valence-corrected chi connectivity index (χ3v) is 3.94. The summed E-state index contributed by atoms with van der Waals surface area (Å²) >= 11 is 0. The van der Waals surface area contributed by atoms with Crippen molar-refractivity contribution >= 4 is 11.6 Å². The summed E-state index contributed by atoms with van der Waals surface area (Å²) in [7, 11) is 0. The van der Waals surface area contributed by atoms with Gasteiger partial charge in [0.05, 0.1) is 11.3 Å². The molecule has 2 aromatic carbocycles. The number of carbonyl (C=O) groups excluding carboxylic acids is 1. The lowest BCUT2D eigenvalue weighted by molar-refractivity contribution is 0.0986. The fourth-order valence-electron chi connectivity index (χ4n) is 2.77. The lowest BCUT2D eigenvalue weighted by Crippen LogP contribution is -2.31. The van der Waals surface area contributed by atoms with Crippen LogP contribution in [0.5, 0.6) is 11.5 Å². The highest BCUT2D eigenvalue weighted by Crippen LogP contribution is 2.38. The first-order valence-corrected chi connectivity index (χ1v) is 8.00. The fraction of sp³-hybridized carbons (Fsp3) is 0.278. The van der Waals surface area contributed by atoms with Crippen molar-refractivity contribution in [2.45, 2.75) is 19.3 Å². The second-order valence-corrected chi connectivity index (χ2v) is 5.54. The van der Waals surface area contributed by atoms with E-state index in [0.29, 0.717) is 30.2 Å². The van der Waals surface area contributed by atoms with Crippen molar-refractivity contribution in [3.63, 3.8) is 0 Å². The Kier molecular flexibility index (Phi) is 4.99. The molecule has 1 amide bonds. The highest BCUT2D eigenvalue weighted by molar-refractivity contribution is 6.09. The number of nitrogens with zero attached hydrogens (tertiary/aromatic N) is 4. The number of para-hydroxylation sites is 3. The summed E-state index contributed by atoms with van der Waals surface area (Å²) in [5.74, 6) is 1.22. The van der Waals surface area contributed by atoms with E-state index < -0.39 is 0 Å². The zero-order chi connectivity index (χ0) is 16.8. The lowest BCUT2D eigenvalue weighted by Gasteiger charge is -2.22. The molecule has 6 heteroatoms. The maximum Gasteiger partial charge on any atom is 0.262 e. The minimum absolute atomic E-state index is 0.0504. The van der Waals surface area contributed by atoms with Crippen LogP contribution in [0.15, 0.2) is 53.6 Å². The lowest BCUT2D eigenvalue weighted by atomic mass is 10.1. The third kappa shape index (κ3) is 3.34. The normalized spacial score (nSPS) is 12.5. The van der Waals surface area contributed by atoms with Crippen LogP contribution in [0.2, 0.25) is 0 Å². The number of carbonyl (C=O) groups is 1. The van der Waals surface area contributed by atoms with Gasteiger partial charge in [0.15, 0.2) is 5.75 Å². The van der Waals surface area contributed by atoms with Gasteiger partial charge in [-0.05, 0) is 42.6 Å². The molecule has 24 heavy (non-hydrogen) atoms. The molecule has 0 aliphatic carbocycles. The summed E-state index contributed by atoms with van der Waals surface area (Å²) in [5.41, 5.74) is 9.64. The number of ether oxygens (including phenoxy) is 1. The first kappa shape index (κ1) is 15.9. The van der Waals surface area contributed by atoms with E-state index in [0.717, 1.165) is 24.9 Å². The standard InChI is InChI=1S/C18H18N4O2/c19-21-20-12-6-1-7-13-22-15-9-3-5-11-17(15)24-16-10-4-2-8-14(16)18(22)23/h2-5,8-11H,1,6-7,12-13H2. The Hall–Kier alpha value is -2.98. The smallest absolute Gasteiger partial charge is 0.262 e. The summed E-state index contributed by atoms with van der Waals surface area (Å²) in [6.07, 6.45) is 2.55. The zero-order valence-electron chi connectivity index (χ0n) is 13.3. The molecule has 2 aromatic rings. The average molecular weight is 322 g/mol. The molecule has 6 nitrogen and oxygen atoms in total. The number of fused-ring (bicyclic) bond motifs is 2. The number of amides is 1. The van der Waals surface area contributed by atoms with E-state index in [1.165, 1.54) is 0 Å². The van der Waals surface area contributed by atoms with Crippen LogP contribution in [0.25, 0.3) is 10.4 Å². The van der Waals surface area contributed by atoms with E-state index in [9.17, 15) is 4.79 Å². The van der Waals surface area contributed by atoms with Crippen molar-refractivity contribution in [3.8, 4) is 11.5 Å². The van der Waals surface area contributed by atoms with Gasteiger partial charge in [0, 0.05) is 18.0 Å². The Balaban J connectivity index is 1.81. The molecule has 0 N–H and O–H groups in total. The van der Waals surface area contributed by atoms with E-state index in [1.807, 2.05) is 42.5 Å². The SMILES string of the molecule is [N-]=[N+]=NCCCCCN1C(=O)c2ccccc2Oc2ccccc21. The summed E-state index contributed by atoms with van der Waals surface area (Å²) in [6, 6.07) is 14.9. The summed E-state index contributed by atoms with van der Waals surface area (Å²) in [6.45, 7) is 1.09. The molecule has 0 unspecified atom stereocenters. The monoisotopic (exact) mass is 322 g/mol. The van der Waals surface area contributed by atoms with Gasteiger partial charge in [0.1, 0.15) is 5.75 Å². The van der Waals surface area contributed by atoms with Gasteiger partial charge in [-0.15, -0.1) is 0 Å². The van der Waals surface area contributed by atoms with Crippen LogP contribution in [0.4, 0.5) is 5.69 Å². The van der Waals surface area contributed by atoms with Crippen molar-refractivity contribution in [2.24, 2.45) is 5.11 Å². The number of rotatable bonds is 6. The second kappa shape index (κ2) is 7.53. The zero-order valence-corrected chi connectivity index (χ0v) is 13.3. The van der Waals surface area contributed by atoms with Gasteiger partial charge in [-0.3, -0.25) is 4.79 Å². The molecule has 0 saturated carbocycles. The molecule has 1 aliphatic rings. The van der Waals surface area contributed by atoms with Crippen LogP contribution in [0.3, 0.4) is 0 Å². The second-order valence-electron chi connectivity index (χ2n) is 5.54. The fourth-order valence-corrected chi connectivity index (χ4v) is 2.77. The van der Waals surface area contributed by atoms with Crippen LogP contribution in [0, 0.1) is 0 Å². The van der Waals surface area contributed by atoms with Crippen molar-refractivity contribution in [2.75, 3.05) is 18.0 Å². The number of hydrogen-bond acceptors (Lipinski definition) is 3. The van der Waals surface area contributed by atoms with Crippen molar-refractivity contribution in [1.82, 2.24) is 0 Å². The largest absolute Gasteiger partial charge is 0.454 e. The van der Waals surface area contributed by atoms with Crippen molar-refractivity contribution in [1.29, 1.82) is 0 Å². The van der Waals surface area contributed by atoms with Crippen LogP contribution in [-0.4, -0.2) is 19.0 Å². The maximum atomic E-state index is 12.9. The van der Waals surface area contributed by atoms with E-state index in [2.05, 4.69) is 10.0 Å². The number of unbranched alkanes of at least 4 members (excludes halogenated alkanes) is 2. The minimum atomic E-state index is -0.0504. The van der Waals surface area contributed by atoms with Gasteiger partial charge in [0.2, 0.25) is 0 Å². The minimum Gasteiger partial charge on any atom is -0.454 e. The van der Waals surface area contributed by atoms with Gasteiger partial charge in [-0.1, -0.05) is 35.8 Å². The van der Waals surface area contributed by atoms with Gasteiger partial charge in [0.25, 0.3) is 5.91 Å². The molecule has 0 aromatic heterocycles. The van der Waals surface area contributed by atoms with Crippen LogP contribution in [0.1, 0.15) is 29.6 Å². The van der Waals surface area contributed by atoms with Gasteiger partial charge >= 0.3 is 0 Å². The van der Waals surface area contributed by atoms with Crippen LogP contribution < -0.4 is 9.64 Å². The average Bonchev–Trinajstić information content (AvgIpc) is 2.73. The molecule has 1 aliphatic heterocycles. The molecule has 0 atom stereocenters. The highest BCUT2D eigenvalue weighted by atomic mass is 16.5. The molecular formula is C18H18N4O2. The Morgan fingerprint density at radius 1 is 1.00 bits per heavy atom. The molecule has 0 fully saturated rings. The Bertz CT molecular complexity index is 784. The number of azide groups is 1. The van der Waals surface area contributed by atoms with Gasteiger partial charge < -0.3 is 9.64 Å². The Morgan fingerprint density at radius 3 is 2.58 bits per heavy atom. The maximum absolute atomic E-state index is 12.9. The number of anilines is 1. The molecule has 0 radical (unpaired) electrons. The van der Waals surface area contributed by atoms with E-state index in [-0.39, 0.29) is 5.91 Å². The number of benzene rings is 2. The first-order chi connectivity index (χ1) is 11.8. The molecule has 0 saturated heterocycles. The Morgan fingerprint density at radius 2 is 1.75 bits per heavy atom. The van der Waals surface area contributed by atoms with Crippen LogP contribution >= 0.6 is 0 Å². The van der Waals surface area contributed by atoms with E-state index in [1.54, 1.807) is 11.0 Å². The van der Waals surface area contributed by atoms with Crippen molar-refractivity contribution in [3.05, 3.63) is 64.5 Å². The van der Waals surface area contributed by atoms with E-state index in [4.69, 9.17) is 10.3 Å². The quantitative estimate of drug-likeness (QED) is 0.327. The topological polar surface area (TPSA) is 78.3 Å². The predicted octanol–water partition coefficient (Wildman–Crippen LogP) is 4.92. The molecular weight excluding hydrogens is 304 g/mol. The molecule has 3 rings (SSSR count). The molecule has 0 bridgehead atoms. The third-order valence-electron chi connectivity index (χ3n) is 3.94.